The van der Waals surface area contributed by atoms with Crippen LogP contribution in [-0.4, -0.2) is 19.5 Å². The van der Waals surface area contributed by atoms with Crippen molar-refractivity contribution in [2.45, 2.75) is 51.0 Å². The fourth-order valence-corrected chi connectivity index (χ4v) is 4.72. The number of fused-ring (bicyclic) bond motifs is 3. The van der Waals surface area contributed by atoms with E-state index in [-0.39, 0.29) is 11.6 Å². The molecule has 6 heteroatoms. The Morgan fingerprint density at radius 1 is 0.967 bits per heavy atom. The van der Waals surface area contributed by atoms with Crippen molar-refractivity contribution in [2.75, 3.05) is 0 Å². The minimum atomic E-state index is 0.0566. The summed E-state index contributed by atoms with van der Waals surface area (Å²) in [5.74, 6) is 0. The van der Waals surface area contributed by atoms with E-state index < -0.39 is 0 Å². The lowest BCUT2D eigenvalue weighted by Gasteiger charge is -2.18. The summed E-state index contributed by atoms with van der Waals surface area (Å²) in [5.41, 5.74) is 2.89. The van der Waals surface area contributed by atoms with E-state index in [0.29, 0.717) is 17.0 Å². The molecule has 1 fully saturated rings. The van der Waals surface area contributed by atoms with Crippen LogP contribution in [0.4, 0.5) is 0 Å². The molecule has 1 aliphatic rings. The average molecular weight is 419 g/mol. The van der Waals surface area contributed by atoms with Crippen molar-refractivity contribution >= 4 is 33.3 Å². The zero-order valence-electron chi connectivity index (χ0n) is 16.7. The van der Waals surface area contributed by atoms with Crippen molar-refractivity contribution in [3.8, 4) is 0 Å². The standard InChI is InChI=1S/C24H23ClN4O/c25-22-8-7-16(13-27-22)11-17-12-20-23(19-9-10-26-14-21(17)19)28-15-29(24(20)30)18-5-3-1-2-4-6-18/h7-10,12-15,18H,1-6,11H2. The van der Waals surface area contributed by atoms with Crippen LogP contribution in [0.25, 0.3) is 21.7 Å². The first-order chi connectivity index (χ1) is 14.7. The molecular weight excluding hydrogens is 396 g/mol. The summed E-state index contributed by atoms with van der Waals surface area (Å²) in [6.45, 7) is 0. The summed E-state index contributed by atoms with van der Waals surface area (Å²) in [6, 6.07) is 7.95. The second-order valence-electron chi connectivity index (χ2n) is 8.12. The molecule has 5 nitrogen and oxygen atoms in total. The molecule has 0 spiro atoms. The second-order valence-corrected chi connectivity index (χ2v) is 8.51. The van der Waals surface area contributed by atoms with E-state index in [4.69, 9.17) is 16.6 Å². The van der Waals surface area contributed by atoms with Gasteiger partial charge < -0.3 is 0 Å². The Morgan fingerprint density at radius 3 is 2.57 bits per heavy atom. The molecule has 3 heterocycles. The first-order valence-electron chi connectivity index (χ1n) is 10.6. The molecule has 1 saturated carbocycles. The number of pyridine rings is 2. The maximum atomic E-state index is 13.5. The average Bonchev–Trinajstić information content (AvgIpc) is 3.06. The van der Waals surface area contributed by atoms with Gasteiger partial charge in [0.05, 0.1) is 17.2 Å². The van der Waals surface area contributed by atoms with E-state index in [9.17, 15) is 4.79 Å². The fraction of sp³-hybridized carbons (Fsp3) is 0.333. The van der Waals surface area contributed by atoms with Crippen molar-refractivity contribution in [1.29, 1.82) is 0 Å². The zero-order chi connectivity index (χ0) is 20.5. The van der Waals surface area contributed by atoms with Crippen LogP contribution in [0, 0.1) is 0 Å². The summed E-state index contributed by atoms with van der Waals surface area (Å²) in [7, 11) is 0. The maximum Gasteiger partial charge on any atom is 0.261 e. The topological polar surface area (TPSA) is 60.7 Å². The normalized spacial score (nSPS) is 15.5. The Kier molecular flexibility index (Phi) is 5.21. The number of hydrogen-bond acceptors (Lipinski definition) is 4. The van der Waals surface area contributed by atoms with Gasteiger partial charge in [0.1, 0.15) is 5.15 Å². The first-order valence-corrected chi connectivity index (χ1v) is 11.0. The summed E-state index contributed by atoms with van der Waals surface area (Å²) in [6.07, 6.45) is 14.7. The monoisotopic (exact) mass is 418 g/mol. The van der Waals surface area contributed by atoms with Gasteiger partial charge in [0.15, 0.2) is 0 Å². The van der Waals surface area contributed by atoms with Crippen molar-refractivity contribution in [1.82, 2.24) is 19.5 Å². The molecule has 0 atom stereocenters. The van der Waals surface area contributed by atoms with Crippen LogP contribution >= 0.6 is 11.6 Å². The fourth-order valence-electron chi connectivity index (χ4n) is 4.61. The van der Waals surface area contributed by atoms with Gasteiger partial charge in [0, 0.05) is 35.4 Å². The molecule has 0 N–H and O–H groups in total. The van der Waals surface area contributed by atoms with Crippen LogP contribution in [0.2, 0.25) is 5.15 Å². The Labute approximate surface area is 179 Å². The lowest BCUT2D eigenvalue weighted by atomic mass is 9.98. The number of benzene rings is 1. The van der Waals surface area contributed by atoms with Gasteiger partial charge in [0.2, 0.25) is 0 Å². The van der Waals surface area contributed by atoms with E-state index in [0.717, 1.165) is 40.3 Å². The van der Waals surface area contributed by atoms with Gasteiger partial charge in [-0.05, 0) is 48.6 Å². The van der Waals surface area contributed by atoms with Crippen LogP contribution in [-0.2, 0) is 6.42 Å². The van der Waals surface area contributed by atoms with Crippen molar-refractivity contribution in [3.05, 3.63) is 75.8 Å². The number of rotatable bonds is 3. The zero-order valence-corrected chi connectivity index (χ0v) is 17.5. The van der Waals surface area contributed by atoms with Gasteiger partial charge in [-0.2, -0.15) is 0 Å². The molecular formula is C24H23ClN4O. The first kappa shape index (κ1) is 19.2. The third-order valence-corrected chi connectivity index (χ3v) is 6.40. The molecule has 0 radical (unpaired) electrons. The Hall–Kier alpha value is -2.79. The second kappa shape index (κ2) is 8.15. The third-order valence-electron chi connectivity index (χ3n) is 6.17. The highest BCUT2D eigenvalue weighted by Gasteiger charge is 2.18. The number of hydrogen-bond donors (Lipinski definition) is 0. The van der Waals surface area contributed by atoms with E-state index >= 15 is 0 Å². The van der Waals surface area contributed by atoms with Crippen LogP contribution in [0.5, 0.6) is 0 Å². The predicted octanol–water partition coefficient (Wildman–Crippen LogP) is 5.48. The van der Waals surface area contributed by atoms with Crippen molar-refractivity contribution < 1.29 is 0 Å². The lowest BCUT2D eigenvalue weighted by Crippen LogP contribution is -2.25. The van der Waals surface area contributed by atoms with Gasteiger partial charge in [-0.25, -0.2) is 9.97 Å². The summed E-state index contributed by atoms with van der Waals surface area (Å²) < 4.78 is 1.87. The molecule has 152 valence electrons. The third kappa shape index (κ3) is 3.58. The lowest BCUT2D eigenvalue weighted by molar-refractivity contribution is 0.430. The molecule has 0 saturated heterocycles. The molecule has 4 aromatic rings. The van der Waals surface area contributed by atoms with Crippen molar-refractivity contribution in [3.63, 3.8) is 0 Å². The minimum Gasteiger partial charge on any atom is -0.296 e. The summed E-state index contributed by atoms with van der Waals surface area (Å²) in [5, 5.41) is 3.13. The SMILES string of the molecule is O=c1c2cc(Cc3ccc(Cl)nc3)c3cnccc3c2ncn1C1CCCCCC1. The van der Waals surface area contributed by atoms with Crippen molar-refractivity contribution in [2.24, 2.45) is 0 Å². The molecule has 5 rings (SSSR count). The Bertz CT molecular complexity index is 1260. The van der Waals surface area contributed by atoms with Crippen LogP contribution in [0.3, 0.4) is 0 Å². The van der Waals surface area contributed by atoms with E-state index in [2.05, 4.69) is 9.97 Å². The van der Waals surface area contributed by atoms with E-state index in [1.807, 2.05) is 29.0 Å². The van der Waals surface area contributed by atoms with Gasteiger partial charge in [-0.1, -0.05) is 43.4 Å². The maximum absolute atomic E-state index is 13.5. The quantitative estimate of drug-likeness (QED) is 0.251. The van der Waals surface area contributed by atoms with Gasteiger partial charge in [-0.15, -0.1) is 0 Å². The van der Waals surface area contributed by atoms with E-state index in [1.54, 1.807) is 24.8 Å². The minimum absolute atomic E-state index is 0.0566. The van der Waals surface area contributed by atoms with Gasteiger partial charge >= 0.3 is 0 Å². The molecule has 0 bridgehead atoms. The van der Waals surface area contributed by atoms with Gasteiger partial charge in [0.25, 0.3) is 5.56 Å². The number of nitrogens with zero attached hydrogens (tertiary/aromatic N) is 4. The predicted molar refractivity (Wildman–Crippen MR) is 120 cm³/mol. The summed E-state index contributed by atoms with van der Waals surface area (Å²) >= 11 is 5.94. The van der Waals surface area contributed by atoms with Crippen LogP contribution in [0.15, 0.2) is 54.0 Å². The van der Waals surface area contributed by atoms with Gasteiger partial charge in [-0.3, -0.25) is 14.3 Å². The Morgan fingerprint density at radius 2 is 1.80 bits per heavy atom. The molecule has 30 heavy (non-hydrogen) atoms. The highest BCUT2D eigenvalue weighted by Crippen LogP contribution is 2.29. The van der Waals surface area contributed by atoms with Crippen LogP contribution < -0.4 is 5.56 Å². The molecule has 1 aliphatic carbocycles. The van der Waals surface area contributed by atoms with E-state index in [1.165, 1.54) is 25.7 Å². The number of halogens is 1. The molecule has 0 aliphatic heterocycles. The highest BCUT2D eigenvalue weighted by molar-refractivity contribution is 6.29. The molecule has 3 aromatic heterocycles. The smallest absolute Gasteiger partial charge is 0.261 e. The molecule has 0 unspecified atom stereocenters. The molecule has 0 amide bonds. The van der Waals surface area contributed by atoms with Crippen LogP contribution in [0.1, 0.15) is 55.7 Å². The molecule has 1 aromatic carbocycles. The highest BCUT2D eigenvalue weighted by atomic mass is 35.5. The Balaban J connectivity index is 1.68. The number of aromatic nitrogens is 4. The largest absolute Gasteiger partial charge is 0.296 e. The summed E-state index contributed by atoms with van der Waals surface area (Å²) in [4.78, 5) is 26.8.